The van der Waals surface area contributed by atoms with Crippen molar-refractivity contribution in [2.45, 2.75) is 283 Å². The SMILES string of the molecule is CCCCCCCCCC/C=C\CCCCCCCCCCCCCCCCCCCC(=O)NC(COP(=O)(O)OCC[N+](C)(C)C)C(O)/C=C/CCCCCCCCCCCCC. The number of nitrogens with one attached hydrogen (secondary N) is 1. The number of hydrogen-bond acceptors (Lipinski definition) is 5. The number of unbranched alkanes of at least 4 members (excludes halogenated alkanes) is 36. The number of hydrogen-bond donors (Lipinski definition) is 3. The average molecular weight is 926 g/mol. The first kappa shape index (κ1) is 63.0. The first-order valence-corrected chi connectivity index (χ1v) is 29.2. The van der Waals surface area contributed by atoms with Crippen molar-refractivity contribution >= 4 is 13.7 Å². The highest BCUT2D eigenvalue weighted by Gasteiger charge is 2.27. The lowest BCUT2D eigenvalue weighted by atomic mass is 10.0. The van der Waals surface area contributed by atoms with E-state index in [4.69, 9.17) is 9.05 Å². The van der Waals surface area contributed by atoms with Crippen LogP contribution in [-0.2, 0) is 18.4 Å². The number of phosphoric ester groups is 1. The van der Waals surface area contributed by atoms with Crippen molar-refractivity contribution in [1.29, 1.82) is 0 Å². The molecule has 0 saturated carbocycles. The maximum absolute atomic E-state index is 12.9. The Morgan fingerprint density at radius 1 is 0.516 bits per heavy atom. The van der Waals surface area contributed by atoms with Crippen molar-refractivity contribution in [1.82, 2.24) is 5.32 Å². The van der Waals surface area contributed by atoms with Crippen LogP contribution in [0.15, 0.2) is 24.3 Å². The Bertz CT molecular complexity index is 1090. The van der Waals surface area contributed by atoms with Gasteiger partial charge in [0, 0.05) is 6.42 Å². The van der Waals surface area contributed by atoms with Gasteiger partial charge in [-0.25, -0.2) is 4.57 Å². The molecule has 0 spiro atoms. The van der Waals surface area contributed by atoms with Gasteiger partial charge >= 0.3 is 7.82 Å². The minimum Gasteiger partial charge on any atom is -0.387 e. The molecule has 0 aromatic rings. The number of quaternary nitrogens is 1. The summed E-state index contributed by atoms with van der Waals surface area (Å²) in [4.78, 5) is 23.2. The summed E-state index contributed by atoms with van der Waals surface area (Å²) >= 11 is 0. The lowest BCUT2D eigenvalue weighted by Crippen LogP contribution is -2.45. The van der Waals surface area contributed by atoms with E-state index in [0.717, 1.165) is 38.5 Å². The van der Waals surface area contributed by atoms with Gasteiger partial charge in [0.1, 0.15) is 13.2 Å². The molecule has 1 amide bonds. The zero-order valence-corrected chi connectivity index (χ0v) is 44.2. The summed E-state index contributed by atoms with van der Waals surface area (Å²) in [6.45, 7) is 4.84. The number of aliphatic hydroxyl groups excluding tert-OH is 1. The largest absolute Gasteiger partial charge is 0.472 e. The van der Waals surface area contributed by atoms with Gasteiger partial charge in [-0.15, -0.1) is 0 Å². The second kappa shape index (κ2) is 47.1. The normalized spacial score (nSPS) is 14.2. The first-order chi connectivity index (χ1) is 31.0. The van der Waals surface area contributed by atoms with Gasteiger partial charge in [-0.3, -0.25) is 13.8 Å². The van der Waals surface area contributed by atoms with Gasteiger partial charge in [0.15, 0.2) is 0 Å². The number of carbonyl (C=O) groups excluding carboxylic acids is 1. The number of nitrogens with zero attached hydrogens (tertiary/aromatic N) is 1. The van der Waals surface area contributed by atoms with Crippen LogP contribution in [-0.4, -0.2) is 73.4 Å². The molecule has 0 heterocycles. The minimum absolute atomic E-state index is 0.0636. The highest BCUT2D eigenvalue weighted by molar-refractivity contribution is 7.47. The third-order valence-electron chi connectivity index (χ3n) is 12.7. The Hall–Kier alpha value is -1.02. The van der Waals surface area contributed by atoms with Gasteiger partial charge in [0.05, 0.1) is 39.9 Å². The van der Waals surface area contributed by atoms with E-state index < -0.39 is 20.0 Å². The van der Waals surface area contributed by atoms with Crippen molar-refractivity contribution in [3.05, 3.63) is 24.3 Å². The predicted molar refractivity (Wildman–Crippen MR) is 277 cm³/mol. The highest BCUT2D eigenvalue weighted by Crippen LogP contribution is 2.43. The maximum Gasteiger partial charge on any atom is 0.472 e. The third kappa shape index (κ3) is 48.9. The lowest BCUT2D eigenvalue weighted by molar-refractivity contribution is -0.870. The summed E-state index contributed by atoms with van der Waals surface area (Å²) in [5.74, 6) is -0.173. The van der Waals surface area contributed by atoms with Crippen LogP contribution >= 0.6 is 7.82 Å². The molecule has 0 aliphatic heterocycles. The molecule has 3 atom stereocenters. The van der Waals surface area contributed by atoms with Gasteiger partial charge in [-0.1, -0.05) is 244 Å². The van der Waals surface area contributed by atoms with E-state index in [1.54, 1.807) is 6.08 Å². The third-order valence-corrected chi connectivity index (χ3v) is 13.6. The molecule has 0 aromatic heterocycles. The molecule has 380 valence electrons. The smallest absolute Gasteiger partial charge is 0.387 e. The molecule has 8 nitrogen and oxygen atoms in total. The lowest BCUT2D eigenvalue weighted by Gasteiger charge is -2.25. The zero-order valence-electron chi connectivity index (χ0n) is 43.3. The second-order valence-corrected chi connectivity index (χ2v) is 21.8. The zero-order chi connectivity index (χ0) is 47.1. The van der Waals surface area contributed by atoms with Crippen molar-refractivity contribution in [2.24, 2.45) is 0 Å². The maximum atomic E-state index is 12.9. The number of likely N-dealkylation sites (N-methyl/N-ethyl adjacent to an activating group) is 1. The Kier molecular flexibility index (Phi) is 46.3. The fourth-order valence-corrected chi connectivity index (χ4v) is 9.01. The van der Waals surface area contributed by atoms with Crippen molar-refractivity contribution in [2.75, 3.05) is 40.9 Å². The summed E-state index contributed by atoms with van der Waals surface area (Å²) in [7, 11) is 1.58. The number of phosphoric acid groups is 1. The molecular formula is C55H110N2O6P+. The molecule has 0 saturated heterocycles. The molecule has 0 aliphatic carbocycles. The molecule has 0 rings (SSSR count). The Balaban J connectivity index is 4.07. The van der Waals surface area contributed by atoms with E-state index in [2.05, 4.69) is 31.3 Å². The van der Waals surface area contributed by atoms with Crippen molar-refractivity contribution < 1.29 is 32.9 Å². The van der Waals surface area contributed by atoms with Crippen LogP contribution in [0.25, 0.3) is 0 Å². The van der Waals surface area contributed by atoms with Crippen molar-refractivity contribution in [3.63, 3.8) is 0 Å². The minimum atomic E-state index is -4.34. The van der Waals surface area contributed by atoms with E-state index in [1.807, 2.05) is 27.2 Å². The molecule has 0 aliphatic rings. The Morgan fingerprint density at radius 3 is 1.20 bits per heavy atom. The van der Waals surface area contributed by atoms with Crippen LogP contribution in [0.4, 0.5) is 0 Å². The van der Waals surface area contributed by atoms with E-state index in [9.17, 15) is 19.4 Å². The quantitative estimate of drug-likeness (QED) is 0.0243. The number of carbonyl (C=O) groups is 1. The van der Waals surface area contributed by atoms with Crippen LogP contribution in [0.5, 0.6) is 0 Å². The molecule has 0 aromatic carbocycles. The Morgan fingerprint density at radius 2 is 0.844 bits per heavy atom. The van der Waals surface area contributed by atoms with Gasteiger partial charge in [-0.2, -0.15) is 0 Å². The first-order valence-electron chi connectivity index (χ1n) is 27.7. The van der Waals surface area contributed by atoms with E-state index in [0.29, 0.717) is 17.4 Å². The van der Waals surface area contributed by atoms with Crippen LogP contribution < -0.4 is 5.32 Å². The monoisotopic (exact) mass is 926 g/mol. The van der Waals surface area contributed by atoms with Crippen molar-refractivity contribution in [3.8, 4) is 0 Å². The molecule has 0 bridgehead atoms. The predicted octanol–water partition coefficient (Wildman–Crippen LogP) is 16.4. The molecule has 0 fully saturated rings. The van der Waals surface area contributed by atoms with E-state index >= 15 is 0 Å². The van der Waals surface area contributed by atoms with Gasteiger partial charge < -0.3 is 19.8 Å². The van der Waals surface area contributed by atoms with Crippen LogP contribution in [0.3, 0.4) is 0 Å². The summed E-state index contributed by atoms with van der Waals surface area (Å²) < 4.78 is 23.6. The Labute approximate surface area is 398 Å². The van der Waals surface area contributed by atoms with Gasteiger partial charge in [0.2, 0.25) is 5.91 Å². The average Bonchev–Trinajstić information content (AvgIpc) is 3.25. The second-order valence-electron chi connectivity index (χ2n) is 20.3. The summed E-state index contributed by atoms with van der Waals surface area (Å²) in [5, 5.41) is 13.9. The summed E-state index contributed by atoms with van der Waals surface area (Å²) in [6.07, 6.45) is 58.5. The number of allylic oxidation sites excluding steroid dienone is 3. The van der Waals surface area contributed by atoms with E-state index in [-0.39, 0.29) is 19.1 Å². The highest BCUT2D eigenvalue weighted by atomic mass is 31.2. The van der Waals surface area contributed by atoms with E-state index in [1.165, 1.54) is 212 Å². The molecule has 3 N–H and O–H groups in total. The topological polar surface area (TPSA) is 105 Å². The molecule has 9 heteroatoms. The fraction of sp³-hybridized carbons (Fsp3) is 0.909. The van der Waals surface area contributed by atoms with Crippen LogP contribution in [0.2, 0.25) is 0 Å². The van der Waals surface area contributed by atoms with Gasteiger partial charge in [0.25, 0.3) is 0 Å². The number of rotatable bonds is 51. The fourth-order valence-electron chi connectivity index (χ4n) is 8.27. The van der Waals surface area contributed by atoms with Crippen LogP contribution in [0.1, 0.15) is 271 Å². The van der Waals surface area contributed by atoms with Crippen LogP contribution in [0, 0.1) is 0 Å². The molecule has 3 unspecified atom stereocenters. The standard InChI is InChI=1S/C55H109N2O6P/c1-6-8-10-12-14-16-18-20-21-22-23-24-25-26-27-28-29-30-31-32-33-34-35-37-39-41-43-45-47-49-55(59)56-53(52-63-64(60,61)62-51-50-57(3,4)5)54(58)48-46-44-42-40-38-36-19-17-15-13-11-9-7-2/h22-23,46,48,53-54,58H,6-21,24-45,47,49-52H2,1-5H3,(H-,56,59,60,61)/p+1/b23-22-,48-46+. The molecular weight excluding hydrogens is 816 g/mol. The van der Waals surface area contributed by atoms with Gasteiger partial charge in [-0.05, 0) is 44.9 Å². The number of aliphatic hydroxyl groups is 1. The molecule has 64 heavy (non-hydrogen) atoms. The number of amides is 1. The summed E-state index contributed by atoms with van der Waals surface area (Å²) in [5.41, 5.74) is 0. The summed E-state index contributed by atoms with van der Waals surface area (Å²) in [6, 6.07) is -0.842. The molecule has 0 radical (unpaired) electrons.